The quantitative estimate of drug-likeness (QED) is 0.621. The molecule has 0 aliphatic heterocycles. The minimum atomic E-state index is -1.40. The van der Waals surface area contributed by atoms with Crippen LogP contribution in [0.4, 0.5) is 0 Å². The summed E-state index contributed by atoms with van der Waals surface area (Å²) in [4.78, 5) is 38.5. The van der Waals surface area contributed by atoms with Gasteiger partial charge in [0.2, 0.25) is 0 Å². The molecule has 0 amide bonds. The van der Waals surface area contributed by atoms with Crippen LogP contribution in [0.5, 0.6) is 0 Å². The molecule has 0 atom stereocenters. The standard InChI is InChI=1S/C15H19NO6/c1-9(17)20-14(21-10(2)18)12-11(7-6-8-16-12)13(19)22-15(3,4)5/h6-8,14H,1-5H3. The van der Waals surface area contributed by atoms with Gasteiger partial charge in [-0.2, -0.15) is 0 Å². The number of ether oxygens (including phenoxy) is 3. The number of rotatable bonds is 4. The fourth-order valence-corrected chi connectivity index (χ4v) is 1.55. The number of carbonyl (C=O) groups is 3. The minimum Gasteiger partial charge on any atom is -0.456 e. The first-order valence-corrected chi connectivity index (χ1v) is 6.63. The lowest BCUT2D eigenvalue weighted by molar-refractivity contribution is -0.187. The molecule has 0 radical (unpaired) electrons. The topological polar surface area (TPSA) is 91.8 Å². The van der Waals surface area contributed by atoms with E-state index in [1.165, 1.54) is 18.3 Å². The van der Waals surface area contributed by atoms with E-state index >= 15 is 0 Å². The van der Waals surface area contributed by atoms with Gasteiger partial charge >= 0.3 is 17.9 Å². The van der Waals surface area contributed by atoms with Crippen molar-refractivity contribution in [2.24, 2.45) is 0 Å². The van der Waals surface area contributed by atoms with Crippen LogP contribution in [-0.2, 0) is 23.8 Å². The molecule has 0 spiro atoms. The lowest BCUT2D eigenvalue weighted by Crippen LogP contribution is -2.26. The smallest absolute Gasteiger partial charge is 0.340 e. The predicted molar refractivity (Wildman–Crippen MR) is 75.7 cm³/mol. The van der Waals surface area contributed by atoms with Crippen LogP contribution in [0.25, 0.3) is 0 Å². The Morgan fingerprint density at radius 2 is 1.64 bits per heavy atom. The Labute approximate surface area is 128 Å². The largest absolute Gasteiger partial charge is 0.456 e. The van der Waals surface area contributed by atoms with E-state index in [-0.39, 0.29) is 11.3 Å². The Bertz CT molecular complexity index is 560. The first kappa shape index (κ1) is 17.6. The van der Waals surface area contributed by atoms with Crippen molar-refractivity contribution in [1.82, 2.24) is 4.98 Å². The molecular formula is C15H19NO6. The van der Waals surface area contributed by atoms with E-state index in [9.17, 15) is 14.4 Å². The maximum Gasteiger partial charge on any atom is 0.340 e. The van der Waals surface area contributed by atoms with Gasteiger partial charge in [-0.15, -0.1) is 0 Å². The summed E-state index contributed by atoms with van der Waals surface area (Å²) >= 11 is 0. The Balaban J connectivity index is 3.18. The molecule has 7 heteroatoms. The summed E-state index contributed by atoms with van der Waals surface area (Å²) in [5.41, 5.74) is -0.644. The normalized spacial score (nSPS) is 11.0. The van der Waals surface area contributed by atoms with Crippen molar-refractivity contribution >= 4 is 17.9 Å². The third kappa shape index (κ3) is 5.51. The van der Waals surface area contributed by atoms with Gasteiger partial charge in [0.15, 0.2) is 0 Å². The molecule has 0 saturated carbocycles. The van der Waals surface area contributed by atoms with Gasteiger partial charge in [0.1, 0.15) is 11.3 Å². The summed E-state index contributed by atoms with van der Waals surface area (Å²) in [5, 5.41) is 0. The van der Waals surface area contributed by atoms with Crippen LogP contribution in [0, 0.1) is 0 Å². The van der Waals surface area contributed by atoms with E-state index in [0.29, 0.717) is 0 Å². The highest BCUT2D eigenvalue weighted by Crippen LogP contribution is 2.23. The number of carbonyl (C=O) groups excluding carboxylic acids is 3. The van der Waals surface area contributed by atoms with Crippen LogP contribution >= 0.6 is 0 Å². The van der Waals surface area contributed by atoms with Crippen molar-refractivity contribution in [3.05, 3.63) is 29.6 Å². The van der Waals surface area contributed by atoms with Crippen LogP contribution < -0.4 is 0 Å². The number of hydrogen-bond donors (Lipinski definition) is 0. The molecule has 1 aromatic heterocycles. The maximum atomic E-state index is 12.2. The fraction of sp³-hybridized carbons (Fsp3) is 0.467. The summed E-state index contributed by atoms with van der Waals surface area (Å²) in [6.45, 7) is 7.48. The molecule has 0 aromatic carbocycles. The van der Waals surface area contributed by atoms with Crippen molar-refractivity contribution < 1.29 is 28.6 Å². The van der Waals surface area contributed by atoms with Crippen LogP contribution in [0.15, 0.2) is 18.3 Å². The average Bonchev–Trinajstić information content (AvgIpc) is 2.34. The molecule has 0 unspecified atom stereocenters. The molecule has 1 heterocycles. The van der Waals surface area contributed by atoms with Gasteiger partial charge in [-0.05, 0) is 32.9 Å². The average molecular weight is 309 g/mol. The molecule has 22 heavy (non-hydrogen) atoms. The van der Waals surface area contributed by atoms with Crippen molar-refractivity contribution in [2.75, 3.05) is 0 Å². The maximum absolute atomic E-state index is 12.2. The summed E-state index contributed by atoms with van der Waals surface area (Å²) < 4.78 is 15.1. The molecule has 0 N–H and O–H groups in total. The highest BCUT2D eigenvalue weighted by atomic mass is 16.7. The van der Waals surface area contributed by atoms with Crippen molar-refractivity contribution in [3.63, 3.8) is 0 Å². The van der Waals surface area contributed by atoms with Gasteiger partial charge in [0.25, 0.3) is 6.29 Å². The zero-order valence-corrected chi connectivity index (χ0v) is 13.2. The Kier molecular flexibility index (Phi) is 5.62. The van der Waals surface area contributed by atoms with Crippen LogP contribution in [0.3, 0.4) is 0 Å². The second-order valence-corrected chi connectivity index (χ2v) is 5.49. The fourth-order valence-electron chi connectivity index (χ4n) is 1.55. The molecule has 120 valence electrons. The second kappa shape index (κ2) is 7.02. The zero-order valence-electron chi connectivity index (χ0n) is 13.2. The third-order valence-corrected chi connectivity index (χ3v) is 2.23. The van der Waals surface area contributed by atoms with Crippen molar-refractivity contribution in [3.8, 4) is 0 Å². The minimum absolute atomic E-state index is 0.00199. The highest BCUT2D eigenvalue weighted by Gasteiger charge is 2.28. The highest BCUT2D eigenvalue weighted by molar-refractivity contribution is 5.91. The molecule has 1 rings (SSSR count). The number of pyridine rings is 1. The SMILES string of the molecule is CC(=O)OC(OC(C)=O)c1ncccc1C(=O)OC(C)(C)C. The van der Waals surface area contributed by atoms with Gasteiger partial charge in [0, 0.05) is 20.0 Å². The Morgan fingerprint density at radius 3 is 2.09 bits per heavy atom. The van der Waals surface area contributed by atoms with Gasteiger partial charge in [-0.25, -0.2) is 4.79 Å². The monoisotopic (exact) mass is 309 g/mol. The van der Waals surface area contributed by atoms with Crippen LogP contribution in [0.2, 0.25) is 0 Å². The number of aromatic nitrogens is 1. The molecule has 0 bridgehead atoms. The van der Waals surface area contributed by atoms with Gasteiger partial charge in [0.05, 0.1) is 5.56 Å². The van der Waals surface area contributed by atoms with E-state index in [0.717, 1.165) is 13.8 Å². The van der Waals surface area contributed by atoms with E-state index in [2.05, 4.69) is 4.98 Å². The van der Waals surface area contributed by atoms with E-state index in [4.69, 9.17) is 14.2 Å². The molecule has 0 fully saturated rings. The number of esters is 3. The summed E-state index contributed by atoms with van der Waals surface area (Å²) in [5.74, 6) is -2.00. The van der Waals surface area contributed by atoms with Gasteiger partial charge in [-0.1, -0.05) is 0 Å². The zero-order chi connectivity index (χ0) is 16.9. The molecule has 0 saturated heterocycles. The van der Waals surface area contributed by atoms with Crippen LogP contribution in [0.1, 0.15) is 57.0 Å². The van der Waals surface area contributed by atoms with E-state index in [1.807, 2.05) is 0 Å². The van der Waals surface area contributed by atoms with Crippen molar-refractivity contribution in [2.45, 2.75) is 46.5 Å². The summed E-state index contributed by atoms with van der Waals surface area (Å²) in [6, 6.07) is 2.98. The number of hydrogen-bond acceptors (Lipinski definition) is 7. The van der Waals surface area contributed by atoms with E-state index < -0.39 is 29.8 Å². The predicted octanol–water partition coefficient (Wildman–Crippen LogP) is 2.16. The molecule has 0 aliphatic carbocycles. The molecular weight excluding hydrogens is 290 g/mol. The summed E-state index contributed by atoms with van der Waals surface area (Å²) in [6.07, 6.45) is -0.0119. The molecule has 7 nitrogen and oxygen atoms in total. The first-order valence-electron chi connectivity index (χ1n) is 6.63. The third-order valence-electron chi connectivity index (χ3n) is 2.23. The Hall–Kier alpha value is -2.44. The lowest BCUT2D eigenvalue weighted by Gasteiger charge is -2.22. The second-order valence-electron chi connectivity index (χ2n) is 5.49. The van der Waals surface area contributed by atoms with Gasteiger partial charge in [-0.3, -0.25) is 14.6 Å². The van der Waals surface area contributed by atoms with Crippen molar-refractivity contribution in [1.29, 1.82) is 0 Å². The lowest BCUT2D eigenvalue weighted by atomic mass is 10.1. The molecule has 1 aromatic rings. The molecule has 0 aliphatic rings. The van der Waals surface area contributed by atoms with Gasteiger partial charge < -0.3 is 14.2 Å². The summed E-state index contributed by atoms with van der Waals surface area (Å²) in [7, 11) is 0. The first-order chi connectivity index (χ1) is 10.1. The number of nitrogens with zero attached hydrogens (tertiary/aromatic N) is 1. The van der Waals surface area contributed by atoms with E-state index in [1.54, 1.807) is 20.8 Å². The van der Waals surface area contributed by atoms with Crippen LogP contribution in [-0.4, -0.2) is 28.5 Å². The Morgan fingerprint density at radius 1 is 1.09 bits per heavy atom.